The predicted octanol–water partition coefficient (Wildman–Crippen LogP) is -11.2. The van der Waals surface area contributed by atoms with Gasteiger partial charge in [-0.25, -0.2) is 0 Å². The smallest absolute Gasteiger partial charge is 1.00 e. The molecule has 0 unspecified atom stereocenters. The van der Waals surface area contributed by atoms with Crippen LogP contribution in [0.2, 0.25) is 0 Å². The average molecular weight is 162 g/mol. The molecule has 64 valence electrons. The minimum atomic E-state index is 0. The molecule has 0 aliphatic rings. The van der Waals surface area contributed by atoms with Crippen LogP contribution in [-0.4, -0.2) is 21.6 Å². The molecule has 0 heterocycles. The van der Waals surface area contributed by atoms with Crippen molar-refractivity contribution in [2.75, 3.05) is 13.2 Å². The SMILES string of the molecule is CCOCC.[B+3].[F-].[F-].[F-].[F-].[H+]. The number of hydrogen-bond acceptors (Lipinski definition) is 1. The molecule has 6 heteroatoms. The quantitative estimate of drug-likeness (QED) is 0.289. The maximum Gasteiger partial charge on any atom is 3.00 e. The van der Waals surface area contributed by atoms with Crippen molar-refractivity contribution < 1.29 is 25.0 Å². The summed E-state index contributed by atoms with van der Waals surface area (Å²) in [5.74, 6) is 0. The Hall–Kier alpha value is -0.255. The molecule has 0 N–H and O–H groups in total. The molecule has 0 aromatic rings. The summed E-state index contributed by atoms with van der Waals surface area (Å²) in [6.45, 7) is 5.67. The van der Waals surface area contributed by atoms with Gasteiger partial charge >= 0.3 is 9.84 Å². The fraction of sp³-hybridized carbons (Fsp3) is 1.00. The molecule has 0 saturated carbocycles. The first-order valence-corrected chi connectivity index (χ1v) is 1.99. The third kappa shape index (κ3) is 116. The van der Waals surface area contributed by atoms with Gasteiger partial charge in [0.25, 0.3) is 0 Å². The van der Waals surface area contributed by atoms with Gasteiger partial charge in [-0.3, -0.25) is 0 Å². The first-order chi connectivity index (χ1) is 2.41. The van der Waals surface area contributed by atoms with Crippen molar-refractivity contribution >= 4 is 8.41 Å². The molecule has 0 radical (unpaired) electrons. The van der Waals surface area contributed by atoms with E-state index >= 15 is 0 Å². The Labute approximate surface area is 61.7 Å². The summed E-state index contributed by atoms with van der Waals surface area (Å²) in [5.41, 5.74) is 0. The van der Waals surface area contributed by atoms with Gasteiger partial charge in [0.05, 0.1) is 0 Å². The second-order valence-corrected chi connectivity index (χ2v) is 0.781. The van der Waals surface area contributed by atoms with E-state index in [0.717, 1.165) is 13.2 Å². The van der Waals surface area contributed by atoms with Gasteiger partial charge in [-0.2, -0.15) is 0 Å². The van der Waals surface area contributed by atoms with Crippen LogP contribution in [0.1, 0.15) is 15.3 Å². The minimum absolute atomic E-state index is 0. The van der Waals surface area contributed by atoms with E-state index in [1.165, 1.54) is 0 Å². The van der Waals surface area contributed by atoms with Crippen LogP contribution in [-0.2, 0) is 4.74 Å². The molecular weight excluding hydrogens is 151 g/mol. The molecule has 0 aromatic heterocycles. The normalized spacial score (nSPS) is 4.20. The average Bonchev–Trinajstić information content (AvgIpc) is 1.41. The zero-order valence-electron chi connectivity index (χ0n) is 6.91. The van der Waals surface area contributed by atoms with Crippen molar-refractivity contribution in [1.82, 2.24) is 0 Å². The zero-order valence-corrected chi connectivity index (χ0v) is 5.91. The zero-order chi connectivity index (χ0) is 4.12. The molecule has 10 heavy (non-hydrogen) atoms. The number of rotatable bonds is 2. The van der Waals surface area contributed by atoms with E-state index < -0.39 is 0 Å². The first-order valence-electron chi connectivity index (χ1n) is 1.99. The Morgan fingerprint density at radius 2 is 1.10 bits per heavy atom. The minimum Gasteiger partial charge on any atom is -1.00 e. The molecule has 0 rings (SSSR count). The van der Waals surface area contributed by atoms with Crippen LogP contribution in [0.5, 0.6) is 0 Å². The van der Waals surface area contributed by atoms with E-state index in [1.807, 2.05) is 13.8 Å². The van der Waals surface area contributed by atoms with Crippen LogP contribution in [0.3, 0.4) is 0 Å². The summed E-state index contributed by atoms with van der Waals surface area (Å²) < 4.78 is 4.83. The maximum absolute atomic E-state index is 4.83. The summed E-state index contributed by atoms with van der Waals surface area (Å²) in [4.78, 5) is 0. The van der Waals surface area contributed by atoms with Gasteiger partial charge in [0.2, 0.25) is 0 Å². The summed E-state index contributed by atoms with van der Waals surface area (Å²) >= 11 is 0. The van der Waals surface area contributed by atoms with Crippen LogP contribution in [0.25, 0.3) is 0 Å². The van der Waals surface area contributed by atoms with Gasteiger partial charge in [-0.15, -0.1) is 0 Å². The molecule has 0 fully saturated rings. The van der Waals surface area contributed by atoms with Gasteiger partial charge in [0.1, 0.15) is 0 Å². The molecule has 0 saturated heterocycles. The van der Waals surface area contributed by atoms with Crippen LogP contribution in [0, 0.1) is 0 Å². The number of halogens is 4. The van der Waals surface area contributed by atoms with Crippen molar-refractivity contribution in [2.24, 2.45) is 0 Å². The fourth-order valence-corrected chi connectivity index (χ4v) is 0.204. The third-order valence-corrected chi connectivity index (χ3v) is 0.408. The van der Waals surface area contributed by atoms with Gasteiger partial charge in [-0.05, 0) is 13.8 Å². The van der Waals surface area contributed by atoms with Gasteiger partial charge in [0.15, 0.2) is 0 Å². The monoisotopic (exact) mass is 162 g/mol. The molecule has 0 aliphatic heterocycles. The van der Waals surface area contributed by atoms with E-state index in [1.54, 1.807) is 0 Å². The van der Waals surface area contributed by atoms with Crippen LogP contribution in [0.4, 0.5) is 0 Å². The molecule has 0 aromatic carbocycles. The van der Waals surface area contributed by atoms with Crippen molar-refractivity contribution in [3.8, 4) is 0 Å². The Bertz CT molecular complexity index is 29.6. The topological polar surface area (TPSA) is 9.23 Å². The third-order valence-electron chi connectivity index (χ3n) is 0.408. The summed E-state index contributed by atoms with van der Waals surface area (Å²) in [7, 11) is 0. The molecular formula is C4H11BF4O. The largest absolute Gasteiger partial charge is 3.00 e. The Morgan fingerprint density at radius 1 is 0.900 bits per heavy atom. The van der Waals surface area contributed by atoms with Crippen LogP contribution >= 0.6 is 0 Å². The Kier molecular flexibility index (Phi) is 370. The number of hydrogen-bond donors (Lipinski definition) is 0. The molecule has 0 bridgehead atoms. The molecule has 0 amide bonds. The van der Waals surface area contributed by atoms with E-state index in [2.05, 4.69) is 0 Å². The molecule has 0 spiro atoms. The van der Waals surface area contributed by atoms with Gasteiger partial charge in [0, 0.05) is 13.2 Å². The van der Waals surface area contributed by atoms with E-state index in [-0.39, 0.29) is 28.7 Å². The van der Waals surface area contributed by atoms with E-state index in [9.17, 15) is 0 Å². The fourth-order valence-electron chi connectivity index (χ4n) is 0.204. The summed E-state index contributed by atoms with van der Waals surface area (Å²) in [5, 5.41) is 0. The van der Waals surface area contributed by atoms with Crippen molar-refractivity contribution in [2.45, 2.75) is 13.8 Å². The van der Waals surface area contributed by atoms with Crippen LogP contribution in [0.15, 0.2) is 0 Å². The molecule has 0 atom stereocenters. The second kappa shape index (κ2) is 69.6. The maximum atomic E-state index is 4.83. The Morgan fingerprint density at radius 3 is 1.10 bits per heavy atom. The standard InChI is InChI=1S/C4H10O.B.4FH/c1-3-5-4-2;;;;;/h3-4H2,1-2H3;;4*1H/q;+3;;;;/p-3. The summed E-state index contributed by atoms with van der Waals surface area (Å²) in [6.07, 6.45) is 0. The Balaban J connectivity index is -0.00000000533. The van der Waals surface area contributed by atoms with Crippen molar-refractivity contribution in [3.05, 3.63) is 0 Å². The van der Waals surface area contributed by atoms with E-state index in [4.69, 9.17) is 4.74 Å². The van der Waals surface area contributed by atoms with Gasteiger partial charge < -0.3 is 23.6 Å². The van der Waals surface area contributed by atoms with Crippen LogP contribution < -0.4 is 18.8 Å². The predicted molar refractivity (Wildman–Crippen MR) is 29.0 cm³/mol. The summed E-state index contributed by atoms with van der Waals surface area (Å²) in [6, 6.07) is 0. The molecule has 0 aliphatic carbocycles. The second-order valence-electron chi connectivity index (χ2n) is 0.781. The first kappa shape index (κ1) is 53.1. The molecule has 1 nitrogen and oxygen atoms in total. The van der Waals surface area contributed by atoms with Crippen molar-refractivity contribution in [1.29, 1.82) is 0 Å². The van der Waals surface area contributed by atoms with Gasteiger partial charge in [-0.1, -0.05) is 0 Å². The number of ether oxygens (including phenoxy) is 1. The van der Waals surface area contributed by atoms with E-state index in [0.29, 0.717) is 0 Å². The van der Waals surface area contributed by atoms with Crippen molar-refractivity contribution in [3.63, 3.8) is 0 Å².